The molecule has 2 bridgehead atoms. The highest BCUT2D eigenvalue weighted by Gasteiger charge is 2.57. The monoisotopic (exact) mass is 418 g/mol. The Morgan fingerprint density at radius 3 is 2.55 bits per heavy atom. The van der Waals surface area contributed by atoms with Crippen molar-refractivity contribution >= 4 is 17.8 Å². The number of methoxy groups -OCH3 is 2. The smallest absolute Gasteiger partial charge is 0.254 e. The number of aliphatic imine (C=N–C) groups is 1. The maximum atomic E-state index is 13.7. The Hall–Kier alpha value is -2.82. The maximum Gasteiger partial charge on any atom is 0.254 e. The molecule has 2 aromatic rings. The number of likely N-dealkylation sites (tertiary alicyclic amines) is 1. The molecule has 0 spiro atoms. The maximum absolute atomic E-state index is 13.7. The predicted molar refractivity (Wildman–Crippen MR) is 122 cm³/mol. The first-order valence-corrected chi connectivity index (χ1v) is 11.0. The van der Waals surface area contributed by atoms with Gasteiger partial charge in [-0.15, -0.1) is 0 Å². The van der Waals surface area contributed by atoms with Crippen LogP contribution in [0.1, 0.15) is 54.2 Å². The summed E-state index contributed by atoms with van der Waals surface area (Å²) in [5.74, 6) is 1.65. The number of rotatable bonds is 3. The van der Waals surface area contributed by atoms with E-state index < -0.39 is 0 Å². The fourth-order valence-corrected chi connectivity index (χ4v) is 5.90. The molecule has 5 rings (SSSR count). The SMILES string of the molecule is COc1cc2c(cc1OC)C1(C)CCN(C(=O)c3ccc4c(c3)CC=N4)C(C2)C1(C)C. The van der Waals surface area contributed by atoms with E-state index in [0.717, 1.165) is 54.1 Å². The van der Waals surface area contributed by atoms with Crippen LogP contribution in [-0.4, -0.2) is 43.8 Å². The summed E-state index contributed by atoms with van der Waals surface area (Å²) in [5, 5.41) is 0. The quantitative estimate of drug-likeness (QED) is 0.725. The number of piperidine rings is 1. The van der Waals surface area contributed by atoms with Gasteiger partial charge in [-0.2, -0.15) is 0 Å². The second kappa shape index (κ2) is 6.84. The van der Waals surface area contributed by atoms with Gasteiger partial charge in [-0.3, -0.25) is 9.79 Å². The van der Waals surface area contributed by atoms with Gasteiger partial charge in [0.25, 0.3) is 5.91 Å². The van der Waals surface area contributed by atoms with Gasteiger partial charge in [-0.25, -0.2) is 0 Å². The van der Waals surface area contributed by atoms with Gasteiger partial charge >= 0.3 is 0 Å². The van der Waals surface area contributed by atoms with E-state index >= 15 is 0 Å². The number of fused-ring (bicyclic) bond motifs is 5. The van der Waals surface area contributed by atoms with Crippen molar-refractivity contribution in [3.8, 4) is 11.5 Å². The van der Waals surface area contributed by atoms with E-state index in [9.17, 15) is 4.79 Å². The summed E-state index contributed by atoms with van der Waals surface area (Å²) in [6.45, 7) is 7.73. The van der Waals surface area contributed by atoms with Gasteiger partial charge in [-0.1, -0.05) is 20.8 Å². The van der Waals surface area contributed by atoms with E-state index in [4.69, 9.17) is 9.47 Å². The molecule has 2 atom stereocenters. The van der Waals surface area contributed by atoms with Crippen molar-refractivity contribution < 1.29 is 14.3 Å². The lowest BCUT2D eigenvalue weighted by Crippen LogP contribution is -2.64. The molecule has 1 saturated heterocycles. The lowest BCUT2D eigenvalue weighted by molar-refractivity contribution is -0.0263. The number of benzene rings is 2. The molecule has 2 aliphatic heterocycles. The molecule has 0 N–H and O–H groups in total. The molecule has 0 aromatic heterocycles. The Bertz CT molecular complexity index is 1100. The molecule has 0 saturated carbocycles. The zero-order valence-electron chi connectivity index (χ0n) is 19.0. The molecule has 2 unspecified atom stereocenters. The predicted octanol–water partition coefficient (Wildman–Crippen LogP) is 4.72. The third kappa shape index (κ3) is 2.75. The Kier molecular flexibility index (Phi) is 4.44. The highest BCUT2D eigenvalue weighted by Crippen LogP contribution is 2.57. The average Bonchev–Trinajstić information content (AvgIpc) is 3.23. The first kappa shape index (κ1) is 20.1. The van der Waals surface area contributed by atoms with Crippen LogP contribution in [0.4, 0.5) is 5.69 Å². The van der Waals surface area contributed by atoms with Crippen LogP contribution in [0.15, 0.2) is 35.3 Å². The Morgan fingerprint density at radius 1 is 1.06 bits per heavy atom. The molecule has 1 fully saturated rings. The minimum atomic E-state index is -0.0760. The Morgan fingerprint density at radius 2 is 1.81 bits per heavy atom. The van der Waals surface area contributed by atoms with Crippen molar-refractivity contribution in [3.05, 3.63) is 52.6 Å². The summed E-state index contributed by atoms with van der Waals surface area (Å²) in [6.07, 6.45) is 4.45. The van der Waals surface area contributed by atoms with Gasteiger partial charge in [0.05, 0.1) is 19.9 Å². The van der Waals surface area contributed by atoms with E-state index in [2.05, 4.69) is 42.8 Å². The lowest BCUT2D eigenvalue weighted by Gasteiger charge is -2.60. The lowest BCUT2D eigenvalue weighted by atomic mass is 9.51. The number of hydrogen-bond donors (Lipinski definition) is 0. The minimum Gasteiger partial charge on any atom is -0.493 e. The number of ether oxygens (including phenoxy) is 2. The van der Waals surface area contributed by atoms with Gasteiger partial charge in [0.1, 0.15) is 0 Å². The summed E-state index contributed by atoms with van der Waals surface area (Å²) in [6, 6.07) is 10.3. The minimum absolute atomic E-state index is 0.0483. The van der Waals surface area contributed by atoms with Crippen LogP contribution in [0.5, 0.6) is 11.5 Å². The molecule has 2 heterocycles. The van der Waals surface area contributed by atoms with Crippen LogP contribution in [-0.2, 0) is 18.3 Å². The highest BCUT2D eigenvalue weighted by atomic mass is 16.5. The summed E-state index contributed by atoms with van der Waals surface area (Å²) in [7, 11) is 3.36. The van der Waals surface area contributed by atoms with E-state index in [0.29, 0.717) is 0 Å². The number of carbonyl (C=O) groups excluding carboxylic acids is 1. The summed E-state index contributed by atoms with van der Waals surface area (Å²) in [5.41, 5.74) is 5.34. The van der Waals surface area contributed by atoms with Gasteiger partial charge in [0.15, 0.2) is 11.5 Å². The number of nitrogens with zero attached hydrogens (tertiary/aromatic N) is 2. The molecule has 5 nitrogen and oxygen atoms in total. The molecule has 5 heteroatoms. The van der Waals surface area contributed by atoms with E-state index in [1.807, 2.05) is 24.4 Å². The number of hydrogen-bond acceptors (Lipinski definition) is 4. The highest BCUT2D eigenvalue weighted by molar-refractivity contribution is 5.96. The summed E-state index contributed by atoms with van der Waals surface area (Å²) >= 11 is 0. The van der Waals surface area contributed by atoms with E-state index in [1.54, 1.807) is 14.2 Å². The molecule has 0 radical (unpaired) electrons. The largest absolute Gasteiger partial charge is 0.493 e. The van der Waals surface area contributed by atoms with Crippen LogP contribution in [0, 0.1) is 5.41 Å². The fraction of sp³-hybridized carbons (Fsp3) is 0.462. The van der Waals surface area contributed by atoms with Crippen LogP contribution < -0.4 is 9.47 Å². The fourth-order valence-electron chi connectivity index (χ4n) is 5.90. The standard InChI is InChI=1S/C26H30N2O3/c1-25(2)23-14-18-13-21(30-4)22(31-5)15-19(18)26(25,3)9-11-28(23)24(29)17-6-7-20-16(12-17)8-10-27-20/h6-7,10,12-13,15,23H,8-9,11,14H2,1-5H3. The van der Waals surface area contributed by atoms with Crippen LogP contribution in [0.25, 0.3) is 0 Å². The molecule has 31 heavy (non-hydrogen) atoms. The number of amides is 1. The van der Waals surface area contributed by atoms with Crippen molar-refractivity contribution in [2.45, 2.75) is 51.5 Å². The number of carbonyl (C=O) groups is 1. The first-order valence-electron chi connectivity index (χ1n) is 11.0. The molecule has 162 valence electrons. The van der Waals surface area contributed by atoms with Crippen molar-refractivity contribution in [3.63, 3.8) is 0 Å². The van der Waals surface area contributed by atoms with Crippen molar-refractivity contribution in [1.29, 1.82) is 0 Å². The molecular formula is C26H30N2O3. The topological polar surface area (TPSA) is 51.1 Å². The van der Waals surface area contributed by atoms with Crippen molar-refractivity contribution in [1.82, 2.24) is 4.90 Å². The third-order valence-corrected chi connectivity index (χ3v) is 8.23. The van der Waals surface area contributed by atoms with Crippen molar-refractivity contribution in [2.75, 3.05) is 20.8 Å². The van der Waals surface area contributed by atoms with Gasteiger partial charge in [-0.05, 0) is 65.3 Å². The molecule has 1 aliphatic carbocycles. The van der Waals surface area contributed by atoms with Gasteiger partial charge in [0, 0.05) is 36.2 Å². The molecule has 1 amide bonds. The average molecular weight is 419 g/mol. The first-order chi connectivity index (χ1) is 14.8. The third-order valence-electron chi connectivity index (χ3n) is 8.23. The van der Waals surface area contributed by atoms with Crippen LogP contribution in [0.3, 0.4) is 0 Å². The Balaban J connectivity index is 1.55. The Labute approximate surface area is 184 Å². The molecule has 3 aliphatic rings. The second-order valence-corrected chi connectivity index (χ2v) is 9.75. The van der Waals surface area contributed by atoms with Crippen LogP contribution >= 0.6 is 0 Å². The zero-order valence-corrected chi connectivity index (χ0v) is 19.0. The molecular weight excluding hydrogens is 388 g/mol. The normalized spacial score (nSPS) is 25.1. The summed E-state index contributed by atoms with van der Waals surface area (Å²) < 4.78 is 11.2. The van der Waals surface area contributed by atoms with Gasteiger partial charge in [0.2, 0.25) is 0 Å². The van der Waals surface area contributed by atoms with Crippen molar-refractivity contribution in [2.24, 2.45) is 10.4 Å². The zero-order chi connectivity index (χ0) is 22.0. The van der Waals surface area contributed by atoms with E-state index in [-0.39, 0.29) is 22.8 Å². The second-order valence-electron chi connectivity index (χ2n) is 9.75. The summed E-state index contributed by atoms with van der Waals surface area (Å²) in [4.78, 5) is 20.2. The van der Waals surface area contributed by atoms with Crippen LogP contribution in [0.2, 0.25) is 0 Å². The van der Waals surface area contributed by atoms with Gasteiger partial charge < -0.3 is 14.4 Å². The van der Waals surface area contributed by atoms with E-state index in [1.165, 1.54) is 11.1 Å². The molecule has 2 aromatic carbocycles.